The van der Waals surface area contributed by atoms with E-state index in [1.54, 1.807) is 0 Å². The molecule has 1 fully saturated rings. The predicted octanol–water partition coefficient (Wildman–Crippen LogP) is 0.752. The fourth-order valence-corrected chi connectivity index (χ4v) is 4.21. The van der Waals surface area contributed by atoms with Crippen molar-refractivity contribution in [3.8, 4) is 0 Å². The zero-order valence-corrected chi connectivity index (χ0v) is 10.0. The summed E-state index contributed by atoms with van der Waals surface area (Å²) in [6.45, 7) is 5.68. The molecule has 1 aliphatic heterocycles. The van der Waals surface area contributed by atoms with Crippen molar-refractivity contribution >= 4 is 9.84 Å². The van der Waals surface area contributed by atoms with Crippen molar-refractivity contribution in [2.24, 2.45) is 5.84 Å². The molecular formula is C10H20N2O2S. The molecule has 0 saturated carbocycles. The van der Waals surface area contributed by atoms with Crippen molar-refractivity contribution in [3.63, 3.8) is 0 Å². The molecule has 1 saturated heterocycles. The Labute approximate surface area is 91.8 Å². The lowest BCUT2D eigenvalue weighted by molar-refractivity contribution is 0.440. The minimum atomic E-state index is -2.96. The fraction of sp³-hybridized carbons (Fsp3) is 0.800. The number of sulfone groups is 1. The van der Waals surface area contributed by atoms with E-state index in [2.05, 4.69) is 12.0 Å². The van der Waals surface area contributed by atoms with E-state index in [1.165, 1.54) is 0 Å². The van der Waals surface area contributed by atoms with Gasteiger partial charge in [0.05, 0.1) is 11.0 Å². The highest BCUT2D eigenvalue weighted by Gasteiger charge is 2.34. The second-order valence-corrected chi connectivity index (χ2v) is 6.68. The van der Waals surface area contributed by atoms with Gasteiger partial charge >= 0.3 is 0 Å². The normalized spacial score (nSPS) is 27.2. The van der Waals surface area contributed by atoms with Crippen molar-refractivity contribution in [1.29, 1.82) is 0 Å². The number of hydrogen-bond donors (Lipinski definition) is 2. The number of hydrazine groups is 1. The van der Waals surface area contributed by atoms with Gasteiger partial charge in [0.2, 0.25) is 0 Å². The summed E-state index contributed by atoms with van der Waals surface area (Å²) >= 11 is 0. The van der Waals surface area contributed by atoms with Crippen molar-refractivity contribution in [1.82, 2.24) is 5.43 Å². The van der Waals surface area contributed by atoms with Crippen LogP contribution >= 0.6 is 0 Å². The summed E-state index contributed by atoms with van der Waals surface area (Å²) in [7, 11) is -2.96. The van der Waals surface area contributed by atoms with E-state index in [9.17, 15) is 8.42 Å². The van der Waals surface area contributed by atoms with Gasteiger partial charge in [0.1, 0.15) is 0 Å². The van der Waals surface area contributed by atoms with Gasteiger partial charge in [-0.15, -0.1) is 6.58 Å². The van der Waals surface area contributed by atoms with Gasteiger partial charge in [0.25, 0.3) is 0 Å². The first-order chi connectivity index (χ1) is 6.97. The molecule has 15 heavy (non-hydrogen) atoms. The van der Waals surface area contributed by atoms with E-state index in [1.807, 2.05) is 6.92 Å². The van der Waals surface area contributed by atoms with Crippen molar-refractivity contribution < 1.29 is 8.42 Å². The fourth-order valence-electron chi connectivity index (χ4n) is 2.10. The largest absolute Gasteiger partial charge is 0.271 e. The van der Waals surface area contributed by atoms with Gasteiger partial charge in [-0.2, -0.15) is 0 Å². The van der Waals surface area contributed by atoms with Crippen LogP contribution in [0.4, 0.5) is 0 Å². The van der Waals surface area contributed by atoms with Crippen LogP contribution in [0.25, 0.3) is 0 Å². The van der Waals surface area contributed by atoms with Crippen LogP contribution in [0.3, 0.4) is 0 Å². The van der Waals surface area contributed by atoms with Crippen LogP contribution in [0.5, 0.6) is 0 Å². The van der Waals surface area contributed by atoms with Gasteiger partial charge in [-0.05, 0) is 26.2 Å². The van der Waals surface area contributed by atoms with Gasteiger partial charge in [0, 0.05) is 6.04 Å². The lowest BCUT2D eigenvalue weighted by Gasteiger charge is -2.29. The third kappa shape index (κ3) is 3.29. The summed E-state index contributed by atoms with van der Waals surface area (Å²) in [5.41, 5.74) is 3.58. The number of rotatable bonds is 4. The summed E-state index contributed by atoms with van der Waals surface area (Å²) in [4.78, 5) is 0. The first-order valence-corrected chi connectivity index (χ1v) is 7.01. The molecule has 0 amide bonds. The van der Waals surface area contributed by atoms with Crippen LogP contribution in [0, 0.1) is 0 Å². The zero-order valence-electron chi connectivity index (χ0n) is 9.20. The van der Waals surface area contributed by atoms with E-state index in [4.69, 9.17) is 5.84 Å². The highest BCUT2D eigenvalue weighted by Crippen LogP contribution is 2.24. The zero-order chi connectivity index (χ0) is 11.5. The molecule has 1 heterocycles. The number of nitrogens with two attached hydrogens (primary N) is 1. The second-order valence-electron chi connectivity index (χ2n) is 4.34. The lowest BCUT2D eigenvalue weighted by atomic mass is 10.0. The average molecular weight is 232 g/mol. The molecule has 0 bridgehead atoms. The van der Waals surface area contributed by atoms with Gasteiger partial charge < -0.3 is 0 Å². The lowest BCUT2D eigenvalue weighted by Crippen LogP contribution is -2.49. The molecule has 0 aromatic rings. The maximum absolute atomic E-state index is 11.8. The summed E-state index contributed by atoms with van der Waals surface area (Å²) in [5.74, 6) is 5.72. The first kappa shape index (κ1) is 12.7. The van der Waals surface area contributed by atoms with Gasteiger partial charge in [-0.25, -0.2) is 8.42 Å². The minimum absolute atomic E-state index is 0.187. The summed E-state index contributed by atoms with van der Waals surface area (Å²) in [6.07, 6.45) is 3.09. The van der Waals surface area contributed by atoms with Crippen molar-refractivity contribution in [2.45, 2.75) is 43.9 Å². The van der Waals surface area contributed by atoms with Crippen LogP contribution in [-0.2, 0) is 9.84 Å². The molecule has 3 N–H and O–H groups in total. The first-order valence-electron chi connectivity index (χ1n) is 5.29. The quantitative estimate of drug-likeness (QED) is 0.426. The van der Waals surface area contributed by atoms with Crippen LogP contribution in [0.2, 0.25) is 0 Å². The van der Waals surface area contributed by atoms with Crippen molar-refractivity contribution in [3.05, 3.63) is 12.2 Å². The highest BCUT2D eigenvalue weighted by atomic mass is 32.2. The van der Waals surface area contributed by atoms with Gasteiger partial charge in [-0.1, -0.05) is 12.0 Å². The van der Waals surface area contributed by atoms with Crippen LogP contribution in [0.15, 0.2) is 12.2 Å². The van der Waals surface area contributed by atoms with E-state index in [-0.39, 0.29) is 11.3 Å². The number of nitrogens with one attached hydrogen (secondary N) is 1. The summed E-state index contributed by atoms with van der Waals surface area (Å²) in [5, 5.41) is -0.340. The molecule has 1 rings (SSSR count). The van der Waals surface area contributed by atoms with Crippen molar-refractivity contribution in [2.75, 3.05) is 5.75 Å². The van der Waals surface area contributed by atoms with E-state index < -0.39 is 9.84 Å². The summed E-state index contributed by atoms with van der Waals surface area (Å²) < 4.78 is 23.7. The molecule has 0 radical (unpaired) electrons. The predicted molar refractivity (Wildman–Crippen MR) is 62.0 cm³/mol. The van der Waals surface area contributed by atoms with Gasteiger partial charge in [0.15, 0.2) is 9.84 Å². The highest BCUT2D eigenvalue weighted by molar-refractivity contribution is 7.92. The standard InChI is InChI=1S/C10H20N2O2S/c1-8(2)7-9(12-11)10-5-3-4-6-15(10,13)14/h9-10,12H,1,3-7,11H2,2H3. The maximum Gasteiger partial charge on any atom is 0.154 e. The molecule has 0 aliphatic carbocycles. The molecule has 5 heteroatoms. The minimum Gasteiger partial charge on any atom is -0.271 e. The average Bonchev–Trinajstić information content (AvgIpc) is 2.14. The second kappa shape index (κ2) is 5.09. The monoisotopic (exact) mass is 232 g/mol. The Kier molecular flexibility index (Phi) is 4.31. The smallest absolute Gasteiger partial charge is 0.154 e. The Morgan fingerprint density at radius 1 is 1.60 bits per heavy atom. The van der Waals surface area contributed by atoms with Crippen LogP contribution < -0.4 is 11.3 Å². The molecule has 2 unspecified atom stereocenters. The molecule has 4 nitrogen and oxygen atoms in total. The molecule has 0 aromatic heterocycles. The number of hydrogen-bond acceptors (Lipinski definition) is 4. The molecule has 2 atom stereocenters. The van der Waals surface area contributed by atoms with E-state index >= 15 is 0 Å². The maximum atomic E-state index is 11.8. The Bertz CT molecular complexity index is 324. The van der Waals surface area contributed by atoms with Crippen LogP contribution in [0.1, 0.15) is 32.6 Å². The topological polar surface area (TPSA) is 72.2 Å². The molecule has 0 spiro atoms. The Morgan fingerprint density at radius 2 is 2.27 bits per heavy atom. The molecule has 0 aromatic carbocycles. The third-order valence-corrected chi connectivity index (χ3v) is 5.20. The third-order valence-electron chi connectivity index (χ3n) is 2.86. The summed E-state index contributed by atoms with van der Waals surface area (Å²) in [6, 6.07) is -0.187. The molecule has 1 aliphatic rings. The van der Waals surface area contributed by atoms with Crippen LogP contribution in [-0.4, -0.2) is 25.5 Å². The SMILES string of the molecule is C=C(C)CC(NN)C1CCCCS1(=O)=O. The van der Waals surface area contributed by atoms with E-state index in [0.29, 0.717) is 18.6 Å². The van der Waals surface area contributed by atoms with E-state index in [0.717, 1.165) is 18.4 Å². The molecular weight excluding hydrogens is 212 g/mol. The van der Waals surface area contributed by atoms with Gasteiger partial charge in [-0.3, -0.25) is 11.3 Å². The Balaban J connectivity index is 2.77. The Hall–Kier alpha value is -0.390. The molecule has 88 valence electrons. The Morgan fingerprint density at radius 3 is 2.73 bits per heavy atom.